The van der Waals surface area contributed by atoms with Gasteiger partial charge in [-0.15, -0.1) is 0 Å². The van der Waals surface area contributed by atoms with Gasteiger partial charge >= 0.3 is 6.18 Å². The van der Waals surface area contributed by atoms with Gasteiger partial charge in [0.15, 0.2) is 0 Å². The van der Waals surface area contributed by atoms with Crippen molar-refractivity contribution in [2.45, 2.75) is 25.6 Å². The van der Waals surface area contributed by atoms with Crippen molar-refractivity contribution < 1.29 is 22.8 Å². The van der Waals surface area contributed by atoms with Crippen LogP contribution in [0.3, 0.4) is 0 Å². The van der Waals surface area contributed by atoms with E-state index >= 15 is 0 Å². The third-order valence-corrected chi connectivity index (χ3v) is 4.08. The number of rotatable bonds is 3. The van der Waals surface area contributed by atoms with Crippen molar-refractivity contribution in [3.8, 4) is 0 Å². The number of fused-ring (bicyclic) bond motifs is 1. The van der Waals surface area contributed by atoms with E-state index in [1.165, 1.54) is 17.0 Å². The Morgan fingerprint density at radius 1 is 0.917 bits per heavy atom. The Kier molecular flexibility index (Phi) is 3.91. The first-order valence-corrected chi connectivity index (χ1v) is 7.42. The second-order valence-electron chi connectivity index (χ2n) is 5.77. The predicted molar refractivity (Wildman–Crippen MR) is 81.6 cm³/mol. The highest BCUT2D eigenvalue weighted by molar-refractivity contribution is 6.21. The number of carbonyl (C=O) groups excluding carboxylic acids is 2. The maximum absolute atomic E-state index is 12.6. The van der Waals surface area contributed by atoms with Crippen molar-refractivity contribution in [3.05, 3.63) is 70.8 Å². The van der Waals surface area contributed by atoms with Crippen LogP contribution in [0.15, 0.2) is 48.5 Å². The van der Waals surface area contributed by atoms with Gasteiger partial charge < -0.3 is 0 Å². The number of carbonyl (C=O) groups is 2. The van der Waals surface area contributed by atoms with E-state index in [1.54, 1.807) is 31.2 Å². The fraction of sp³-hybridized carbons (Fsp3) is 0.222. The van der Waals surface area contributed by atoms with Gasteiger partial charge in [-0.25, -0.2) is 0 Å². The fourth-order valence-electron chi connectivity index (χ4n) is 2.87. The fourth-order valence-corrected chi connectivity index (χ4v) is 2.87. The molecular formula is C18H14F3NO2. The van der Waals surface area contributed by atoms with Crippen LogP contribution < -0.4 is 0 Å². The van der Waals surface area contributed by atoms with E-state index in [0.717, 1.165) is 12.1 Å². The Labute approximate surface area is 136 Å². The molecule has 1 atom stereocenters. The minimum atomic E-state index is -4.38. The molecule has 0 aromatic heterocycles. The summed E-state index contributed by atoms with van der Waals surface area (Å²) in [5.74, 6) is -0.731. The van der Waals surface area contributed by atoms with Crippen LogP contribution in [0.2, 0.25) is 0 Å². The van der Waals surface area contributed by atoms with E-state index in [4.69, 9.17) is 0 Å². The number of hydrogen-bond donors (Lipinski definition) is 0. The van der Waals surface area contributed by atoms with Crippen LogP contribution in [0.25, 0.3) is 0 Å². The maximum Gasteiger partial charge on any atom is 0.416 e. The van der Waals surface area contributed by atoms with Crippen molar-refractivity contribution in [2.75, 3.05) is 0 Å². The van der Waals surface area contributed by atoms with E-state index in [2.05, 4.69) is 0 Å². The van der Waals surface area contributed by atoms with Gasteiger partial charge in [-0.05, 0) is 43.2 Å². The Hall–Kier alpha value is -2.63. The lowest BCUT2D eigenvalue weighted by Gasteiger charge is -2.22. The van der Waals surface area contributed by atoms with Gasteiger partial charge in [-0.2, -0.15) is 13.2 Å². The zero-order valence-electron chi connectivity index (χ0n) is 12.8. The normalized spacial score (nSPS) is 15.6. The lowest BCUT2D eigenvalue weighted by Crippen LogP contribution is -2.39. The highest BCUT2D eigenvalue weighted by Crippen LogP contribution is 2.30. The highest BCUT2D eigenvalue weighted by Gasteiger charge is 2.38. The molecule has 3 rings (SSSR count). The second kappa shape index (κ2) is 5.78. The SMILES string of the molecule is C[C@H](Cc1ccc(C(F)(F)F)cc1)N1C(=O)c2ccccc2C1=O. The summed E-state index contributed by atoms with van der Waals surface area (Å²) in [7, 11) is 0. The molecule has 0 saturated carbocycles. The largest absolute Gasteiger partial charge is 0.416 e. The van der Waals surface area contributed by atoms with Crippen molar-refractivity contribution in [1.29, 1.82) is 0 Å². The first-order valence-electron chi connectivity index (χ1n) is 7.42. The molecule has 0 fully saturated rings. The molecule has 0 N–H and O–H groups in total. The molecule has 6 heteroatoms. The van der Waals surface area contributed by atoms with Crippen molar-refractivity contribution in [2.24, 2.45) is 0 Å². The minimum Gasteiger partial charge on any atom is -0.271 e. The monoisotopic (exact) mass is 333 g/mol. The van der Waals surface area contributed by atoms with Gasteiger partial charge in [-0.1, -0.05) is 24.3 Å². The third-order valence-electron chi connectivity index (χ3n) is 4.08. The van der Waals surface area contributed by atoms with Crippen LogP contribution in [-0.2, 0) is 12.6 Å². The summed E-state index contributed by atoms with van der Waals surface area (Å²) < 4.78 is 37.8. The number of alkyl halides is 3. The number of halogens is 3. The number of benzene rings is 2. The van der Waals surface area contributed by atoms with E-state index in [1.807, 2.05) is 0 Å². The summed E-state index contributed by atoms with van der Waals surface area (Å²) in [5.41, 5.74) is 0.634. The summed E-state index contributed by atoms with van der Waals surface area (Å²) in [4.78, 5) is 25.9. The summed E-state index contributed by atoms with van der Waals surface area (Å²) in [6.07, 6.45) is -4.09. The number of imide groups is 1. The van der Waals surface area contributed by atoms with Crippen LogP contribution in [0.4, 0.5) is 13.2 Å². The van der Waals surface area contributed by atoms with E-state index in [0.29, 0.717) is 23.1 Å². The zero-order valence-corrected chi connectivity index (χ0v) is 12.8. The predicted octanol–water partition coefficient (Wildman–Crippen LogP) is 3.93. The molecule has 0 saturated heterocycles. The Morgan fingerprint density at radius 2 is 1.42 bits per heavy atom. The summed E-state index contributed by atoms with van der Waals surface area (Å²) in [6.45, 7) is 1.71. The van der Waals surface area contributed by atoms with Gasteiger partial charge in [0.25, 0.3) is 11.8 Å². The Morgan fingerprint density at radius 3 is 1.88 bits per heavy atom. The van der Waals surface area contributed by atoms with Gasteiger partial charge in [-0.3, -0.25) is 14.5 Å². The third kappa shape index (κ3) is 2.79. The molecule has 0 radical (unpaired) electrons. The molecule has 0 unspecified atom stereocenters. The highest BCUT2D eigenvalue weighted by atomic mass is 19.4. The molecule has 2 amide bonds. The van der Waals surface area contributed by atoms with Crippen molar-refractivity contribution in [1.82, 2.24) is 4.90 Å². The lowest BCUT2D eigenvalue weighted by atomic mass is 10.0. The Bertz CT molecular complexity index is 762. The van der Waals surface area contributed by atoms with E-state index in [-0.39, 0.29) is 11.8 Å². The van der Waals surface area contributed by atoms with Gasteiger partial charge in [0.1, 0.15) is 0 Å². The van der Waals surface area contributed by atoms with Crippen LogP contribution in [0, 0.1) is 0 Å². The summed E-state index contributed by atoms with van der Waals surface area (Å²) in [6, 6.07) is 10.9. The summed E-state index contributed by atoms with van der Waals surface area (Å²) in [5, 5.41) is 0. The topological polar surface area (TPSA) is 37.4 Å². The van der Waals surface area contributed by atoms with E-state index in [9.17, 15) is 22.8 Å². The molecule has 1 aliphatic rings. The average molecular weight is 333 g/mol. The standard InChI is InChI=1S/C18H14F3NO2/c1-11(10-12-6-8-13(9-7-12)18(19,20)21)22-16(23)14-4-2-3-5-15(14)17(22)24/h2-9,11H,10H2,1H3/t11-/m1/s1. The molecule has 1 aliphatic heterocycles. The molecule has 0 aliphatic carbocycles. The van der Waals surface area contributed by atoms with Gasteiger partial charge in [0.05, 0.1) is 16.7 Å². The molecule has 0 spiro atoms. The molecular weight excluding hydrogens is 319 g/mol. The molecule has 1 heterocycles. The van der Waals surface area contributed by atoms with Gasteiger partial charge in [0.2, 0.25) is 0 Å². The second-order valence-corrected chi connectivity index (χ2v) is 5.77. The average Bonchev–Trinajstić information content (AvgIpc) is 2.79. The van der Waals surface area contributed by atoms with Gasteiger partial charge in [0, 0.05) is 6.04 Å². The van der Waals surface area contributed by atoms with E-state index < -0.39 is 17.8 Å². The van der Waals surface area contributed by atoms with Crippen molar-refractivity contribution in [3.63, 3.8) is 0 Å². The van der Waals surface area contributed by atoms with Crippen LogP contribution in [0.5, 0.6) is 0 Å². The number of nitrogens with zero attached hydrogens (tertiary/aromatic N) is 1. The maximum atomic E-state index is 12.6. The van der Waals surface area contributed by atoms with Crippen LogP contribution in [-0.4, -0.2) is 22.8 Å². The quantitative estimate of drug-likeness (QED) is 0.798. The molecule has 2 aromatic rings. The first-order chi connectivity index (χ1) is 11.3. The number of hydrogen-bond acceptors (Lipinski definition) is 2. The zero-order chi connectivity index (χ0) is 17.5. The Balaban J connectivity index is 1.78. The smallest absolute Gasteiger partial charge is 0.271 e. The first kappa shape index (κ1) is 16.2. The van der Waals surface area contributed by atoms with Crippen LogP contribution >= 0.6 is 0 Å². The van der Waals surface area contributed by atoms with Crippen LogP contribution in [0.1, 0.15) is 38.8 Å². The molecule has 124 valence electrons. The molecule has 0 bridgehead atoms. The van der Waals surface area contributed by atoms with Crippen molar-refractivity contribution >= 4 is 11.8 Å². The number of amides is 2. The molecule has 3 nitrogen and oxygen atoms in total. The minimum absolute atomic E-state index is 0.295. The lowest BCUT2D eigenvalue weighted by molar-refractivity contribution is -0.137. The molecule has 2 aromatic carbocycles. The molecule has 24 heavy (non-hydrogen) atoms. The summed E-state index contributed by atoms with van der Waals surface area (Å²) >= 11 is 0.